The molecule has 0 N–H and O–H groups in total. The molecular weight excluding hydrogens is 224 g/mol. The largest absolute Gasteiger partial charge is 0.272 e. The van der Waals surface area contributed by atoms with Gasteiger partial charge in [0.1, 0.15) is 0 Å². The van der Waals surface area contributed by atoms with E-state index in [0.29, 0.717) is 5.92 Å². The number of nitrogens with zero attached hydrogens (tertiary/aromatic N) is 2. The van der Waals surface area contributed by atoms with Crippen LogP contribution in [0.25, 0.3) is 10.9 Å². The Kier molecular flexibility index (Phi) is 2.69. The third-order valence-corrected chi connectivity index (χ3v) is 3.92. The Bertz CT molecular complexity index is 594. The lowest BCUT2D eigenvalue weighted by atomic mass is 9.85. The van der Waals surface area contributed by atoms with Crippen molar-refractivity contribution in [1.82, 2.24) is 9.78 Å². The summed E-state index contributed by atoms with van der Waals surface area (Å²) < 4.78 is 1.60. The SMILES string of the molecule is CC(C)c1ccc2cnn(C(=O)C3CCC3)c2c1. The molecular formula is C15H18N2O. The van der Waals surface area contributed by atoms with Crippen LogP contribution in [0.2, 0.25) is 0 Å². The number of benzene rings is 1. The minimum absolute atomic E-state index is 0.164. The maximum atomic E-state index is 12.3. The molecule has 1 aliphatic rings. The average molecular weight is 242 g/mol. The fraction of sp³-hybridized carbons (Fsp3) is 0.467. The lowest BCUT2D eigenvalue weighted by molar-refractivity contribution is 0.0753. The summed E-state index contributed by atoms with van der Waals surface area (Å²) in [4.78, 5) is 12.3. The van der Waals surface area contributed by atoms with Crippen molar-refractivity contribution in [1.29, 1.82) is 0 Å². The molecule has 0 atom stereocenters. The van der Waals surface area contributed by atoms with Crippen LogP contribution in [0.5, 0.6) is 0 Å². The van der Waals surface area contributed by atoms with Gasteiger partial charge in [-0.2, -0.15) is 9.78 Å². The third kappa shape index (κ3) is 1.74. The first-order chi connectivity index (χ1) is 8.66. The zero-order valence-electron chi connectivity index (χ0n) is 10.9. The molecule has 0 spiro atoms. The first-order valence-corrected chi connectivity index (χ1v) is 6.68. The number of fused-ring (bicyclic) bond motifs is 1. The Morgan fingerprint density at radius 2 is 2.17 bits per heavy atom. The summed E-state index contributed by atoms with van der Waals surface area (Å²) in [6, 6.07) is 6.28. The summed E-state index contributed by atoms with van der Waals surface area (Å²) in [5.74, 6) is 0.824. The molecule has 1 aliphatic carbocycles. The van der Waals surface area contributed by atoms with Crippen LogP contribution in [0.15, 0.2) is 24.4 Å². The number of carbonyl (C=O) groups is 1. The third-order valence-electron chi connectivity index (χ3n) is 3.92. The van der Waals surface area contributed by atoms with Crippen LogP contribution in [-0.4, -0.2) is 15.7 Å². The van der Waals surface area contributed by atoms with Crippen molar-refractivity contribution in [3.63, 3.8) is 0 Å². The highest BCUT2D eigenvalue weighted by Crippen LogP contribution is 2.29. The van der Waals surface area contributed by atoms with Crippen molar-refractivity contribution < 1.29 is 4.79 Å². The van der Waals surface area contributed by atoms with Gasteiger partial charge in [0.15, 0.2) is 0 Å². The standard InChI is InChI=1S/C15H18N2O/c1-10(2)12-6-7-13-9-16-17(14(13)8-12)15(18)11-4-3-5-11/h6-11H,3-5H2,1-2H3. The van der Waals surface area contributed by atoms with E-state index in [1.165, 1.54) is 12.0 Å². The van der Waals surface area contributed by atoms with E-state index in [0.717, 1.165) is 23.7 Å². The van der Waals surface area contributed by atoms with Crippen molar-refractivity contribution in [3.05, 3.63) is 30.0 Å². The molecule has 0 aliphatic heterocycles. The summed E-state index contributed by atoms with van der Waals surface area (Å²) in [6.07, 6.45) is 5.00. The van der Waals surface area contributed by atoms with Crippen molar-refractivity contribution >= 4 is 16.8 Å². The first kappa shape index (κ1) is 11.5. The van der Waals surface area contributed by atoms with E-state index in [9.17, 15) is 4.79 Å². The number of aromatic nitrogens is 2. The molecule has 0 bridgehead atoms. The Labute approximate surface area is 107 Å². The van der Waals surface area contributed by atoms with Gasteiger partial charge in [0, 0.05) is 11.3 Å². The van der Waals surface area contributed by atoms with Crippen molar-refractivity contribution in [2.24, 2.45) is 5.92 Å². The molecule has 3 nitrogen and oxygen atoms in total. The molecule has 3 heteroatoms. The second-order valence-corrected chi connectivity index (χ2v) is 5.50. The number of carbonyl (C=O) groups excluding carboxylic acids is 1. The maximum absolute atomic E-state index is 12.3. The minimum Gasteiger partial charge on any atom is -0.272 e. The zero-order valence-corrected chi connectivity index (χ0v) is 10.9. The predicted molar refractivity (Wildman–Crippen MR) is 71.8 cm³/mol. The highest BCUT2D eigenvalue weighted by molar-refractivity contribution is 5.92. The number of rotatable bonds is 2. The monoisotopic (exact) mass is 242 g/mol. The second kappa shape index (κ2) is 4.23. The van der Waals surface area contributed by atoms with Gasteiger partial charge >= 0.3 is 0 Å². The number of hydrogen-bond donors (Lipinski definition) is 0. The van der Waals surface area contributed by atoms with Gasteiger partial charge in [0.05, 0.1) is 11.7 Å². The molecule has 18 heavy (non-hydrogen) atoms. The summed E-state index contributed by atoms with van der Waals surface area (Å²) >= 11 is 0. The summed E-state index contributed by atoms with van der Waals surface area (Å²) in [5, 5.41) is 5.31. The lowest BCUT2D eigenvalue weighted by Crippen LogP contribution is -2.27. The van der Waals surface area contributed by atoms with Gasteiger partial charge in [0.25, 0.3) is 5.91 Å². The fourth-order valence-corrected chi connectivity index (χ4v) is 2.40. The highest BCUT2D eigenvalue weighted by atomic mass is 16.2. The van der Waals surface area contributed by atoms with Gasteiger partial charge in [0.2, 0.25) is 0 Å². The summed E-state index contributed by atoms with van der Waals surface area (Å²) in [7, 11) is 0. The van der Waals surface area contributed by atoms with Crippen molar-refractivity contribution in [2.45, 2.75) is 39.0 Å². The predicted octanol–water partition coefficient (Wildman–Crippen LogP) is 3.60. The molecule has 0 amide bonds. The van der Waals surface area contributed by atoms with Gasteiger partial charge in [-0.3, -0.25) is 4.79 Å². The molecule has 3 rings (SSSR count). The van der Waals surface area contributed by atoms with Gasteiger partial charge < -0.3 is 0 Å². The van der Waals surface area contributed by atoms with E-state index >= 15 is 0 Å². The van der Waals surface area contributed by atoms with Gasteiger partial charge in [-0.25, -0.2) is 0 Å². The van der Waals surface area contributed by atoms with Crippen LogP contribution in [0.1, 0.15) is 49.4 Å². The number of hydrogen-bond acceptors (Lipinski definition) is 2. The Balaban J connectivity index is 2.05. The average Bonchev–Trinajstić information content (AvgIpc) is 2.68. The van der Waals surface area contributed by atoms with Crippen LogP contribution in [-0.2, 0) is 0 Å². The normalized spacial score (nSPS) is 16.2. The molecule has 1 fully saturated rings. The van der Waals surface area contributed by atoms with E-state index in [1.807, 2.05) is 0 Å². The Morgan fingerprint density at radius 1 is 1.39 bits per heavy atom. The molecule has 1 aromatic heterocycles. The molecule has 2 aromatic rings. The Hall–Kier alpha value is -1.64. The van der Waals surface area contributed by atoms with Crippen LogP contribution >= 0.6 is 0 Å². The van der Waals surface area contributed by atoms with E-state index in [2.05, 4.69) is 37.1 Å². The van der Waals surface area contributed by atoms with E-state index in [-0.39, 0.29) is 11.8 Å². The molecule has 0 saturated heterocycles. The van der Waals surface area contributed by atoms with Crippen molar-refractivity contribution in [3.8, 4) is 0 Å². The first-order valence-electron chi connectivity index (χ1n) is 6.68. The van der Waals surface area contributed by atoms with Crippen LogP contribution < -0.4 is 0 Å². The molecule has 94 valence electrons. The molecule has 0 unspecified atom stereocenters. The molecule has 1 aromatic carbocycles. The van der Waals surface area contributed by atoms with Crippen molar-refractivity contribution in [2.75, 3.05) is 0 Å². The van der Waals surface area contributed by atoms with Gasteiger partial charge in [-0.1, -0.05) is 32.4 Å². The highest BCUT2D eigenvalue weighted by Gasteiger charge is 2.27. The summed E-state index contributed by atoms with van der Waals surface area (Å²) in [5.41, 5.74) is 2.21. The van der Waals surface area contributed by atoms with Crippen LogP contribution in [0.3, 0.4) is 0 Å². The van der Waals surface area contributed by atoms with E-state index < -0.39 is 0 Å². The zero-order chi connectivity index (χ0) is 12.7. The van der Waals surface area contributed by atoms with Gasteiger partial charge in [-0.05, 0) is 30.4 Å². The topological polar surface area (TPSA) is 34.9 Å². The second-order valence-electron chi connectivity index (χ2n) is 5.50. The Morgan fingerprint density at radius 3 is 2.78 bits per heavy atom. The quantitative estimate of drug-likeness (QED) is 0.806. The van der Waals surface area contributed by atoms with Crippen LogP contribution in [0, 0.1) is 5.92 Å². The smallest absolute Gasteiger partial charge is 0.250 e. The molecule has 1 heterocycles. The molecule has 1 saturated carbocycles. The maximum Gasteiger partial charge on any atom is 0.250 e. The fourth-order valence-electron chi connectivity index (χ4n) is 2.40. The summed E-state index contributed by atoms with van der Waals surface area (Å²) in [6.45, 7) is 4.32. The van der Waals surface area contributed by atoms with E-state index in [1.54, 1.807) is 10.9 Å². The van der Waals surface area contributed by atoms with Gasteiger partial charge in [-0.15, -0.1) is 0 Å². The lowest BCUT2D eigenvalue weighted by Gasteiger charge is -2.23. The van der Waals surface area contributed by atoms with Crippen LogP contribution in [0.4, 0.5) is 0 Å². The minimum atomic E-state index is 0.164. The molecule has 0 radical (unpaired) electrons. The van der Waals surface area contributed by atoms with E-state index in [4.69, 9.17) is 0 Å².